The first kappa shape index (κ1) is 14.5. The number of rotatable bonds is 5. The molecule has 1 amide bonds. The maximum Gasteiger partial charge on any atom is 0.237 e. The molecule has 2 N–H and O–H groups in total. The molecule has 0 saturated carbocycles. The maximum absolute atomic E-state index is 12.0. The second kappa shape index (κ2) is 5.83. The van der Waals surface area contributed by atoms with E-state index in [1.165, 1.54) is 0 Å². The molecule has 4 heteroatoms. The zero-order valence-electron chi connectivity index (χ0n) is 11.5. The van der Waals surface area contributed by atoms with E-state index in [0.29, 0.717) is 6.54 Å². The molecular formula is C13H26N2O2. The van der Waals surface area contributed by atoms with Crippen LogP contribution in [0.15, 0.2) is 0 Å². The van der Waals surface area contributed by atoms with Gasteiger partial charge in [0.15, 0.2) is 0 Å². The molecule has 4 nitrogen and oxygen atoms in total. The van der Waals surface area contributed by atoms with Crippen LogP contribution in [-0.2, 0) is 4.79 Å². The van der Waals surface area contributed by atoms with Gasteiger partial charge in [-0.15, -0.1) is 0 Å². The Labute approximate surface area is 104 Å². The number of nitrogens with one attached hydrogen (secondary N) is 1. The van der Waals surface area contributed by atoms with Crippen molar-refractivity contribution in [3.05, 3.63) is 0 Å². The van der Waals surface area contributed by atoms with Crippen molar-refractivity contribution in [3.8, 4) is 0 Å². The van der Waals surface area contributed by atoms with Crippen LogP contribution in [0.25, 0.3) is 0 Å². The first-order valence-electron chi connectivity index (χ1n) is 6.62. The third kappa shape index (κ3) is 4.28. The van der Waals surface area contributed by atoms with Crippen molar-refractivity contribution in [1.82, 2.24) is 10.2 Å². The van der Waals surface area contributed by atoms with Crippen molar-refractivity contribution in [2.45, 2.75) is 64.6 Å². The highest BCUT2D eigenvalue weighted by atomic mass is 16.3. The Hall–Kier alpha value is -0.610. The normalized spacial score (nSPS) is 29.0. The minimum absolute atomic E-state index is 0.0728. The molecule has 1 fully saturated rings. The number of aliphatic hydroxyl groups is 1. The lowest BCUT2D eigenvalue weighted by Gasteiger charge is -2.26. The molecule has 0 aromatic heterocycles. The molecule has 3 unspecified atom stereocenters. The van der Waals surface area contributed by atoms with Crippen LogP contribution < -0.4 is 5.32 Å². The highest BCUT2D eigenvalue weighted by Crippen LogP contribution is 2.22. The minimum Gasteiger partial charge on any atom is -0.389 e. The molecule has 0 aromatic rings. The number of hydrogen-bond donors (Lipinski definition) is 2. The van der Waals surface area contributed by atoms with E-state index in [9.17, 15) is 9.90 Å². The lowest BCUT2D eigenvalue weighted by Crippen LogP contribution is -2.47. The predicted octanol–water partition coefficient (Wildman–Crippen LogP) is 1.14. The topological polar surface area (TPSA) is 52.6 Å². The summed E-state index contributed by atoms with van der Waals surface area (Å²) in [4.78, 5) is 14.0. The lowest BCUT2D eigenvalue weighted by molar-refractivity contribution is -0.126. The standard InChI is InChI=1S/C13H26N2O2/c1-5-6-10(2)14-12(16)11(3)15-8-7-13(4,17)9-15/h10-11,17H,5-9H2,1-4H3,(H,14,16). The molecule has 0 bridgehead atoms. The number of carbonyl (C=O) groups is 1. The third-order valence-corrected chi connectivity index (χ3v) is 3.52. The molecule has 17 heavy (non-hydrogen) atoms. The molecule has 1 rings (SSSR count). The number of likely N-dealkylation sites (tertiary alicyclic amines) is 1. The van der Waals surface area contributed by atoms with E-state index in [1.54, 1.807) is 0 Å². The van der Waals surface area contributed by atoms with Crippen molar-refractivity contribution in [3.63, 3.8) is 0 Å². The number of amides is 1. The monoisotopic (exact) mass is 242 g/mol. The van der Waals surface area contributed by atoms with Gasteiger partial charge in [0.05, 0.1) is 11.6 Å². The summed E-state index contributed by atoms with van der Waals surface area (Å²) in [5, 5.41) is 12.9. The summed E-state index contributed by atoms with van der Waals surface area (Å²) in [6.45, 7) is 9.28. The summed E-state index contributed by atoms with van der Waals surface area (Å²) in [5.41, 5.74) is -0.635. The minimum atomic E-state index is -0.635. The van der Waals surface area contributed by atoms with Gasteiger partial charge in [-0.1, -0.05) is 13.3 Å². The maximum atomic E-state index is 12.0. The van der Waals surface area contributed by atoms with Crippen molar-refractivity contribution < 1.29 is 9.90 Å². The quantitative estimate of drug-likeness (QED) is 0.760. The Morgan fingerprint density at radius 3 is 2.65 bits per heavy atom. The van der Waals surface area contributed by atoms with Gasteiger partial charge in [-0.3, -0.25) is 9.69 Å². The average molecular weight is 242 g/mol. The fourth-order valence-corrected chi connectivity index (χ4v) is 2.35. The molecule has 0 aromatic carbocycles. The van der Waals surface area contributed by atoms with Crippen LogP contribution in [0.1, 0.15) is 47.0 Å². The summed E-state index contributed by atoms with van der Waals surface area (Å²) in [5.74, 6) is 0.0728. The van der Waals surface area contributed by atoms with E-state index in [2.05, 4.69) is 12.2 Å². The van der Waals surface area contributed by atoms with Gasteiger partial charge in [0.2, 0.25) is 5.91 Å². The van der Waals surface area contributed by atoms with Gasteiger partial charge >= 0.3 is 0 Å². The Balaban J connectivity index is 2.42. The molecule has 0 radical (unpaired) electrons. The van der Waals surface area contributed by atoms with E-state index in [0.717, 1.165) is 25.8 Å². The van der Waals surface area contributed by atoms with Crippen LogP contribution >= 0.6 is 0 Å². The highest BCUT2D eigenvalue weighted by Gasteiger charge is 2.35. The molecule has 0 spiro atoms. The SMILES string of the molecule is CCCC(C)NC(=O)C(C)N1CCC(C)(O)C1. The summed E-state index contributed by atoms with van der Waals surface area (Å²) in [6.07, 6.45) is 2.83. The lowest BCUT2D eigenvalue weighted by atomic mass is 10.1. The van der Waals surface area contributed by atoms with Crippen molar-refractivity contribution >= 4 is 5.91 Å². The molecular weight excluding hydrogens is 216 g/mol. The Kier molecular flexibility index (Phi) is 4.95. The number of hydrogen-bond acceptors (Lipinski definition) is 3. The molecule has 1 aliphatic heterocycles. The zero-order valence-corrected chi connectivity index (χ0v) is 11.5. The number of nitrogens with zero attached hydrogens (tertiary/aromatic N) is 1. The Bertz CT molecular complexity index is 266. The van der Waals surface area contributed by atoms with E-state index in [4.69, 9.17) is 0 Å². The fraction of sp³-hybridized carbons (Fsp3) is 0.923. The van der Waals surface area contributed by atoms with E-state index < -0.39 is 5.60 Å². The van der Waals surface area contributed by atoms with Gasteiger partial charge in [0.25, 0.3) is 0 Å². The average Bonchev–Trinajstić information content (AvgIpc) is 2.58. The van der Waals surface area contributed by atoms with Gasteiger partial charge < -0.3 is 10.4 Å². The summed E-state index contributed by atoms with van der Waals surface area (Å²) in [6, 6.07) is 0.0846. The van der Waals surface area contributed by atoms with Crippen LogP contribution in [0, 0.1) is 0 Å². The van der Waals surface area contributed by atoms with Crippen LogP contribution in [0.5, 0.6) is 0 Å². The molecule has 100 valence electrons. The molecule has 3 atom stereocenters. The largest absolute Gasteiger partial charge is 0.389 e. The number of carbonyl (C=O) groups excluding carboxylic acids is 1. The van der Waals surface area contributed by atoms with Crippen LogP contribution in [0.3, 0.4) is 0 Å². The van der Waals surface area contributed by atoms with Gasteiger partial charge in [-0.05, 0) is 33.6 Å². The van der Waals surface area contributed by atoms with Gasteiger partial charge in [0.1, 0.15) is 0 Å². The predicted molar refractivity (Wildman–Crippen MR) is 68.8 cm³/mol. The molecule has 1 aliphatic rings. The van der Waals surface area contributed by atoms with Crippen molar-refractivity contribution in [2.24, 2.45) is 0 Å². The summed E-state index contributed by atoms with van der Waals surface area (Å²) < 4.78 is 0. The van der Waals surface area contributed by atoms with Gasteiger partial charge in [0, 0.05) is 19.1 Å². The van der Waals surface area contributed by atoms with Crippen LogP contribution in [-0.4, -0.2) is 46.7 Å². The van der Waals surface area contributed by atoms with E-state index in [1.807, 2.05) is 25.7 Å². The van der Waals surface area contributed by atoms with Crippen molar-refractivity contribution in [1.29, 1.82) is 0 Å². The summed E-state index contributed by atoms with van der Waals surface area (Å²) >= 11 is 0. The van der Waals surface area contributed by atoms with Gasteiger partial charge in [-0.25, -0.2) is 0 Å². The number of β-amino-alcohol motifs (C(OH)–C–C–N with tert-alkyl or cyclic N) is 1. The molecule has 1 saturated heterocycles. The molecule has 0 aliphatic carbocycles. The van der Waals surface area contributed by atoms with Crippen molar-refractivity contribution in [2.75, 3.05) is 13.1 Å². The Morgan fingerprint density at radius 1 is 1.53 bits per heavy atom. The second-order valence-electron chi connectivity index (χ2n) is 5.59. The van der Waals surface area contributed by atoms with E-state index >= 15 is 0 Å². The zero-order chi connectivity index (χ0) is 13.1. The first-order valence-corrected chi connectivity index (χ1v) is 6.62. The van der Waals surface area contributed by atoms with Gasteiger partial charge in [-0.2, -0.15) is 0 Å². The van der Waals surface area contributed by atoms with Crippen LogP contribution in [0.2, 0.25) is 0 Å². The fourth-order valence-electron chi connectivity index (χ4n) is 2.35. The highest BCUT2D eigenvalue weighted by molar-refractivity contribution is 5.81. The smallest absolute Gasteiger partial charge is 0.237 e. The third-order valence-electron chi connectivity index (χ3n) is 3.52. The van der Waals surface area contributed by atoms with Crippen LogP contribution in [0.4, 0.5) is 0 Å². The molecule has 1 heterocycles. The Morgan fingerprint density at radius 2 is 2.18 bits per heavy atom. The first-order chi connectivity index (χ1) is 7.85. The van der Waals surface area contributed by atoms with E-state index in [-0.39, 0.29) is 18.0 Å². The summed E-state index contributed by atoms with van der Waals surface area (Å²) in [7, 11) is 0. The second-order valence-corrected chi connectivity index (χ2v) is 5.59.